The van der Waals surface area contributed by atoms with Crippen molar-refractivity contribution >= 4 is 11.8 Å². The highest BCUT2D eigenvalue weighted by Gasteiger charge is 2.10. The van der Waals surface area contributed by atoms with Crippen molar-refractivity contribution in [1.82, 2.24) is 14.8 Å². The minimum Gasteiger partial charge on any atom is -0.486 e. The van der Waals surface area contributed by atoms with E-state index in [0.29, 0.717) is 6.61 Å². The van der Waals surface area contributed by atoms with E-state index in [1.807, 2.05) is 23.7 Å². The van der Waals surface area contributed by atoms with Crippen molar-refractivity contribution < 1.29 is 4.74 Å². The molecular weight excluding hydrogens is 330 g/mol. The summed E-state index contributed by atoms with van der Waals surface area (Å²) in [5, 5.41) is 9.45. The van der Waals surface area contributed by atoms with Crippen LogP contribution in [0.2, 0.25) is 0 Å². The summed E-state index contributed by atoms with van der Waals surface area (Å²) in [6.45, 7) is 4.66. The molecule has 0 atom stereocenters. The molecule has 1 aromatic heterocycles. The fourth-order valence-corrected chi connectivity index (χ4v) is 3.28. The van der Waals surface area contributed by atoms with Gasteiger partial charge in [-0.15, -0.1) is 10.2 Å². The van der Waals surface area contributed by atoms with Crippen molar-refractivity contribution in [1.29, 1.82) is 0 Å². The summed E-state index contributed by atoms with van der Waals surface area (Å²) in [7, 11) is 1.98. The average molecular weight is 353 g/mol. The van der Waals surface area contributed by atoms with Crippen LogP contribution in [0.3, 0.4) is 0 Å². The molecule has 0 bridgehead atoms. The minimum absolute atomic E-state index is 0.417. The Bertz CT molecular complexity index is 810. The van der Waals surface area contributed by atoms with Crippen LogP contribution in [0.5, 0.6) is 5.75 Å². The van der Waals surface area contributed by atoms with Crippen LogP contribution >= 0.6 is 11.8 Å². The number of hydrogen-bond donors (Lipinski definition) is 0. The molecule has 3 rings (SSSR count). The van der Waals surface area contributed by atoms with Crippen LogP contribution in [0, 0.1) is 6.92 Å². The number of benzene rings is 2. The molecule has 1 heterocycles. The molecule has 0 N–H and O–H groups in total. The number of hydrogen-bond acceptors (Lipinski definition) is 4. The molecule has 0 aliphatic heterocycles. The van der Waals surface area contributed by atoms with Crippen LogP contribution in [0.1, 0.15) is 29.4 Å². The Balaban J connectivity index is 1.57. The van der Waals surface area contributed by atoms with Gasteiger partial charge in [0.25, 0.3) is 0 Å². The lowest BCUT2D eigenvalue weighted by Gasteiger charge is -2.07. The summed E-state index contributed by atoms with van der Waals surface area (Å²) < 4.78 is 7.83. The first-order chi connectivity index (χ1) is 12.2. The lowest BCUT2D eigenvalue weighted by molar-refractivity contribution is 0.290. The zero-order chi connectivity index (χ0) is 17.6. The second-order valence-corrected chi connectivity index (χ2v) is 6.96. The Labute approximate surface area is 153 Å². The molecule has 0 saturated carbocycles. The van der Waals surface area contributed by atoms with Gasteiger partial charge in [0.1, 0.15) is 12.4 Å². The van der Waals surface area contributed by atoms with Gasteiger partial charge in [0.05, 0.1) is 0 Å². The molecule has 0 aliphatic rings. The maximum atomic E-state index is 5.83. The number of aryl methyl sites for hydroxylation is 2. The van der Waals surface area contributed by atoms with Crippen molar-refractivity contribution in [3.05, 3.63) is 71.0 Å². The summed E-state index contributed by atoms with van der Waals surface area (Å²) in [5.41, 5.74) is 3.87. The van der Waals surface area contributed by atoms with Gasteiger partial charge in [0, 0.05) is 12.8 Å². The van der Waals surface area contributed by atoms with Gasteiger partial charge in [-0.25, -0.2) is 0 Å². The smallest absolute Gasteiger partial charge is 0.191 e. The Morgan fingerprint density at radius 3 is 2.32 bits per heavy atom. The number of thioether (sulfide) groups is 1. The third kappa shape index (κ3) is 4.63. The lowest BCUT2D eigenvalue weighted by Crippen LogP contribution is -2.04. The highest BCUT2D eigenvalue weighted by Crippen LogP contribution is 2.22. The fraction of sp³-hybridized carbons (Fsp3) is 0.300. The zero-order valence-electron chi connectivity index (χ0n) is 14.9. The van der Waals surface area contributed by atoms with Gasteiger partial charge < -0.3 is 9.30 Å². The first-order valence-corrected chi connectivity index (χ1v) is 9.42. The number of aromatic nitrogens is 3. The van der Waals surface area contributed by atoms with E-state index in [1.165, 1.54) is 16.7 Å². The van der Waals surface area contributed by atoms with Crippen molar-refractivity contribution in [3.8, 4) is 5.75 Å². The van der Waals surface area contributed by atoms with Crippen LogP contribution in [-0.4, -0.2) is 14.8 Å². The lowest BCUT2D eigenvalue weighted by atomic mass is 10.2. The molecule has 0 amide bonds. The molecule has 0 saturated heterocycles. The Morgan fingerprint density at radius 1 is 0.960 bits per heavy atom. The SMILES string of the molecule is CCc1ccc(OCc2nnc(SCc3ccc(C)cc3)n2C)cc1. The van der Waals surface area contributed by atoms with Crippen molar-refractivity contribution in [2.75, 3.05) is 0 Å². The Kier molecular flexibility index (Phi) is 5.76. The topological polar surface area (TPSA) is 39.9 Å². The van der Waals surface area contributed by atoms with Crippen LogP contribution in [0.25, 0.3) is 0 Å². The first-order valence-electron chi connectivity index (χ1n) is 8.44. The second-order valence-electron chi connectivity index (χ2n) is 6.02. The summed E-state index contributed by atoms with van der Waals surface area (Å²) in [6.07, 6.45) is 1.03. The van der Waals surface area contributed by atoms with Gasteiger partial charge in [-0.05, 0) is 36.6 Å². The molecule has 2 aromatic carbocycles. The van der Waals surface area contributed by atoms with E-state index in [0.717, 1.165) is 28.9 Å². The van der Waals surface area contributed by atoms with E-state index in [1.54, 1.807) is 11.8 Å². The van der Waals surface area contributed by atoms with Crippen molar-refractivity contribution in [2.45, 2.75) is 37.8 Å². The molecular formula is C20H23N3OS. The third-order valence-electron chi connectivity index (χ3n) is 4.11. The first kappa shape index (κ1) is 17.5. The predicted octanol–water partition coefficient (Wildman–Crippen LogP) is 4.56. The molecule has 25 heavy (non-hydrogen) atoms. The molecule has 0 aliphatic carbocycles. The molecule has 130 valence electrons. The van der Waals surface area contributed by atoms with E-state index >= 15 is 0 Å². The minimum atomic E-state index is 0.417. The maximum Gasteiger partial charge on any atom is 0.191 e. The van der Waals surface area contributed by atoms with E-state index in [2.05, 4.69) is 60.4 Å². The van der Waals surface area contributed by atoms with Gasteiger partial charge in [0.15, 0.2) is 11.0 Å². The number of ether oxygens (including phenoxy) is 1. The summed E-state index contributed by atoms with van der Waals surface area (Å²) in [4.78, 5) is 0. The van der Waals surface area contributed by atoms with Crippen LogP contribution in [-0.2, 0) is 25.8 Å². The molecule has 0 fully saturated rings. The van der Waals surface area contributed by atoms with Crippen LogP contribution < -0.4 is 4.74 Å². The zero-order valence-corrected chi connectivity index (χ0v) is 15.7. The monoisotopic (exact) mass is 353 g/mol. The normalized spacial score (nSPS) is 10.8. The summed E-state index contributed by atoms with van der Waals surface area (Å²) in [6, 6.07) is 16.8. The Hall–Kier alpha value is -2.27. The number of rotatable bonds is 7. The standard InChI is InChI=1S/C20H23N3OS/c1-4-16-9-11-18(12-10-16)24-13-19-21-22-20(23(19)3)25-14-17-7-5-15(2)6-8-17/h5-12H,4,13-14H2,1-3H3. The van der Waals surface area contributed by atoms with Crippen molar-refractivity contribution in [2.24, 2.45) is 7.05 Å². The maximum absolute atomic E-state index is 5.83. The van der Waals surface area contributed by atoms with Gasteiger partial charge in [0.2, 0.25) is 0 Å². The van der Waals surface area contributed by atoms with E-state index < -0.39 is 0 Å². The molecule has 0 unspecified atom stereocenters. The van der Waals surface area contributed by atoms with Gasteiger partial charge in [-0.3, -0.25) is 0 Å². The molecule has 0 radical (unpaired) electrons. The molecule has 4 nitrogen and oxygen atoms in total. The molecule has 0 spiro atoms. The predicted molar refractivity (Wildman–Crippen MR) is 102 cm³/mol. The molecule has 3 aromatic rings. The quantitative estimate of drug-likeness (QED) is 0.584. The fourth-order valence-electron chi connectivity index (χ4n) is 2.40. The summed E-state index contributed by atoms with van der Waals surface area (Å²) in [5.74, 6) is 2.56. The van der Waals surface area contributed by atoms with E-state index in [9.17, 15) is 0 Å². The van der Waals surface area contributed by atoms with Gasteiger partial charge in [-0.1, -0.05) is 60.6 Å². The van der Waals surface area contributed by atoms with E-state index in [-0.39, 0.29) is 0 Å². The van der Waals surface area contributed by atoms with E-state index in [4.69, 9.17) is 4.74 Å². The number of nitrogens with zero attached hydrogens (tertiary/aromatic N) is 3. The highest BCUT2D eigenvalue weighted by molar-refractivity contribution is 7.98. The third-order valence-corrected chi connectivity index (χ3v) is 5.20. The Morgan fingerprint density at radius 2 is 1.64 bits per heavy atom. The van der Waals surface area contributed by atoms with Crippen LogP contribution in [0.15, 0.2) is 53.7 Å². The summed E-state index contributed by atoms with van der Waals surface area (Å²) >= 11 is 1.69. The van der Waals surface area contributed by atoms with Gasteiger partial charge >= 0.3 is 0 Å². The largest absolute Gasteiger partial charge is 0.486 e. The van der Waals surface area contributed by atoms with Crippen LogP contribution in [0.4, 0.5) is 0 Å². The van der Waals surface area contributed by atoms with Gasteiger partial charge in [-0.2, -0.15) is 0 Å². The van der Waals surface area contributed by atoms with Crippen molar-refractivity contribution in [3.63, 3.8) is 0 Å². The highest BCUT2D eigenvalue weighted by atomic mass is 32.2. The second kappa shape index (κ2) is 8.21. The average Bonchev–Trinajstić information content (AvgIpc) is 3.00. The molecule has 5 heteroatoms.